The number of aromatic amines is 1. The van der Waals surface area contributed by atoms with Gasteiger partial charge in [-0.05, 0) is 6.92 Å². The van der Waals surface area contributed by atoms with Gasteiger partial charge in [0.15, 0.2) is 5.16 Å². The predicted molar refractivity (Wildman–Crippen MR) is 73.7 cm³/mol. The average Bonchev–Trinajstić information content (AvgIpc) is 3.05. The van der Waals surface area contributed by atoms with E-state index >= 15 is 0 Å². The Morgan fingerprint density at radius 1 is 1.55 bits per heavy atom. The Balaban J connectivity index is 1.78. The van der Waals surface area contributed by atoms with Crippen LogP contribution in [0.25, 0.3) is 0 Å². The van der Waals surface area contributed by atoms with Gasteiger partial charge in [-0.15, -0.1) is 0 Å². The summed E-state index contributed by atoms with van der Waals surface area (Å²) in [4.78, 5) is 28.4. The van der Waals surface area contributed by atoms with Crippen molar-refractivity contribution in [3.63, 3.8) is 0 Å². The summed E-state index contributed by atoms with van der Waals surface area (Å²) in [5, 5.41) is 10.1. The number of amides is 1. The number of aromatic nitrogens is 4. The smallest absolute Gasteiger partial charge is 0.267 e. The number of nitrogens with zero attached hydrogens (tertiary/aromatic N) is 3. The highest BCUT2D eigenvalue weighted by molar-refractivity contribution is 7.99. The largest absolute Gasteiger partial charge is 0.348 e. The average molecular weight is 291 g/mol. The van der Waals surface area contributed by atoms with Crippen molar-refractivity contribution in [2.75, 3.05) is 5.75 Å². The van der Waals surface area contributed by atoms with Crippen molar-refractivity contribution in [2.45, 2.75) is 25.2 Å². The minimum Gasteiger partial charge on any atom is -0.348 e. The van der Waals surface area contributed by atoms with Crippen LogP contribution in [0.5, 0.6) is 0 Å². The third kappa shape index (κ3) is 2.22. The van der Waals surface area contributed by atoms with Crippen molar-refractivity contribution >= 4 is 17.7 Å². The third-order valence-corrected chi connectivity index (χ3v) is 4.15. The monoisotopic (exact) mass is 291 g/mol. The first-order valence-corrected chi connectivity index (χ1v) is 7.15. The van der Waals surface area contributed by atoms with E-state index in [-0.39, 0.29) is 11.1 Å². The fraction of sp³-hybridized carbons (Fsp3) is 0.333. The summed E-state index contributed by atoms with van der Waals surface area (Å²) in [7, 11) is 0. The van der Waals surface area contributed by atoms with Gasteiger partial charge in [0.05, 0.1) is 6.20 Å². The van der Waals surface area contributed by atoms with Crippen LogP contribution in [0.3, 0.4) is 0 Å². The van der Waals surface area contributed by atoms with Gasteiger partial charge < -0.3 is 5.32 Å². The minimum atomic E-state index is -0.407. The number of thioether (sulfide) groups is 1. The van der Waals surface area contributed by atoms with Gasteiger partial charge in [-0.1, -0.05) is 11.8 Å². The molecule has 2 aromatic heterocycles. The number of carbonyl (C=O) groups is 1. The summed E-state index contributed by atoms with van der Waals surface area (Å²) in [5.41, 5.74) is 1.59. The number of hydrogen-bond acceptors (Lipinski definition) is 5. The number of hydrogen-bond donors (Lipinski definition) is 2. The van der Waals surface area contributed by atoms with Crippen LogP contribution >= 0.6 is 11.8 Å². The number of rotatable bonds is 3. The summed E-state index contributed by atoms with van der Waals surface area (Å²) >= 11 is 1.52. The zero-order chi connectivity index (χ0) is 14.1. The van der Waals surface area contributed by atoms with Crippen molar-refractivity contribution in [3.05, 3.63) is 39.6 Å². The lowest BCUT2D eigenvalue weighted by atomic mass is 10.2. The second-order valence-electron chi connectivity index (χ2n) is 4.46. The Bertz CT molecular complexity index is 721. The molecule has 1 amide bonds. The molecule has 1 aliphatic heterocycles. The standard InChI is InChI=1S/C12H13N5O2S/c1-7-8(5-15-16-7)4-13-10(18)9-6-14-12-17(11(9)19)2-3-20-12/h5-6H,2-4H2,1H3,(H,13,18)(H,15,16). The molecular weight excluding hydrogens is 278 g/mol. The molecule has 0 fully saturated rings. The number of nitrogens with one attached hydrogen (secondary N) is 2. The highest BCUT2D eigenvalue weighted by atomic mass is 32.2. The van der Waals surface area contributed by atoms with Gasteiger partial charge >= 0.3 is 0 Å². The topological polar surface area (TPSA) is 92.7 Å². The summed E-state index contributed by atoms with van der Waals surface area (Å²) in [6.07, 6.45) is 3.00. The van der Waals surface area contributed by atoms with Crippen LogP contribution in [-0.4, -0.2) is 31.4 Å². The van der Waals surface area contributed by atoms with E-state index in [4.69, 9.17) is 0 Å². The van der Waals surface area contributed by atoms with Crippen molar-refractivity contribution in [1.82, 2.24) is 25.1 Å². The van der Waals surface area contributed by atoms with Crippen LogP contribution < -0.4 is 10.9 Å². The van der Waals surface area contributed by atoms with E-state index < -0.39 is 5.91 Å². The maximum Gasteiger partial charge on any atom is 0.267 e. The molecule has 0 saturated carbocycles. The van der Waals surface area contributed by atoms with Gasteiger partial charge in [0.1, 0.15) is 5.56 Å². The molecule has 0 radical (unpaired) electrons. The molecule has 8 heteroatoms. The molecule has 104 valence electrons. The van der Waals surface area contributed by atoms with Gasteiger partial charge in [-0.3, -0.25) is 19.3 Å². The van der Waals surface area contributed by atoms with E-state index in [1.807, 2.05) is 6.92 Å². The lowest BCUT2D eigenvalue weighted by molar-refractivity contribution is 0.0948. The molecule has 0 aliphatic carbocycles. The van der Waals surface area contributed by atoms with Gasteiger partial charge in [0.2, 0.25) is 0 Å². The number of aryl methyl sites for hydroxylation is 1. The molecule has 0 spiro atoms. The maximum atomic E-state index is 12.2. The van der Waals surface area contributed by atoms with Crippen LogP contribution in [0.1, 0.15) is 21.6 Å². The second-order valence-corrected chi connectivity index (χ2v) is 5.52. The van der Waals surface area contributed by atoms with Gasteiger partial charge in [0.25, 0.3) is 11.5 Å². The summed E-state index contributed by atoms with van der Waals surface area (Å²) in [6, 6.07) is 0. The Morgan fingerprint density at radius 2 is 2.40 bits per heavy atom. The van der Waals surface area contributed by atoms with E-state index in [1.54, 1.807) is 10.8 Å². The van der Waals surface area contributed by atoms with Crippen LogP contribution in [-0.2, 0) is 13.1 Å². The molecule has 0 atom stereocenters. The SMILES string of the molecule is Cc1[nH]ncc1CNC(=O)c1cnc2n(c1=O)CCS2. The fourth-order valence-corrected chi connectivity index (χ4v) is 2.91. The van der Waals surface area contributed by atoms with Gasteiger partial charge in [0, 0.05) is 36.3 Å². The zero-order valence-electron chi connectivity index (χ0n) is 10.8. The van der Waals surface area contributed by atoms with E-state index in [9.17, 15) is 9.59 Å². The van der Waals surface area contributed by atoms with E-state index in [0.717, 1.165) is 17.0 Å². The first kappa shape index (κ1) is 12.9. The lowest BCUT2D eigenvalue weighted by Crippen LogP contribution is -2.33. The number of H-pyrrole nitrogens is 1. The number of carbonyl (C=O) groups excluding carboxylic acids is 1. The third-order valence-electron chi connectivity index (χ3n) is 3.17. The molecule has 0 saturated heterocycles. The van der Waals surface area contributed by atoms with E-state index in [1.165, 1.54) is 18.0 Å². The predicted octanol–water partition coefficient (Wildman–Crippen LogP) is 0.311. The molecule has 3 rings (SSSR count). The van der Waals surface area contributed by atoms with Crippen LogP contribution in [0.15, 0.2) is 22.3 Å². The van der Waals surface area contributed by atoms with Crippen molar-refractivity contribution < 1.29 is 4.79 Å². The van der Waals surface area contributed by atoms with Gasteiger partial charge in [-0.25, -0.2) is 4.98 Å². The molecule has 0 unspecified atom stereocenters. The van der Waals surface area contributed by atoms with Gasteiger partial charge in [-0.2, -0.15) is 5.10 Å². The first-order chi connectivity index (χ1) is 9.66. The molecule has 3 heterocycles. The maximum absolute atomic E-state index is 12.2. The molecular formula is C12H13N5O2S. The molecule has 1 aliphatic rings. The van der Waals surface area contributed by atoms with E-state index in [2.05, 4.69) is 20.5 Å². The normalized spacial score (nSPS) is 13.2. The molecule has 2 N–H and O–H groups in total. The summed E-state index contributed by atoms with van der Waals surface area (Å²) < 4.78 is 1.54. The summed E-state index contributed by atoms with van der Waals surface area (Å²) in [5.74, 6) is 0.414. The van der Waals surface area contributed by atoms with Crippen LogP contribution in [0.2, 0.25) is 0 Å². The van der Waals surface area contributed by atoms with Crippen molar-refractivity contribution in [2.24, 2.45) is 0 Å². The van der Waals surface area contributed by atoms with Crippen LogP contribution in [0.4, 0.5) is 0 Å². The lowest BCUT2D eigenvalue weighted by Gasteiger charge is -2.06. The summed E-state index contributed by atoms with van der Waals surface area (Å²) in [6.45, 7) is 2.81. The van der Waals surface area contributed by atoms with Crippen molar-refractivity contribution in [1.29, 1.82) is 0 Å². The minimum absolute atomic E-state index is 0.0809. The van der Waals surface area contributed by atoms with E-state index in [0.29, 0.717) is 18.2 Å². The quantitative estimate of drug-likeness (QED) is 0.794. The second kappa shape index (κ2) is 5.12. The zero-order valence-corrected chi connectivity index (χ0v) is 11.7. The van der Waals surface area contributed by atoms with Crippen molar-refractivity contribution in [3.8, 4) is 0 Å². The Morgan fingerprint density at radius 3 is 3.15 bits per heavy atom. The Labute approximate surface area is 118 Å². The molecule has 7 nitrogen and oxygen atoms in total. The molecule has 0 bridgehead atoms. The van der Waals surface area contributed by atoms with Crippen LogP contribution in [0, 0.1) is 6.92 Å². The highest BCUT2D eigenvalue weighted by Gasteiger charge is 2.19. The Kier molecular flexibility index (Phi) is 3.31. The Hall–Kier alpha value is -2.09. The molecule has 2 aromatic rings. The number of fused-ring (bicyclic) bond motifs is 1. The first-order valence-electron chi connectivity index (χ1n) is 6.16. The molecule has 20 heavy (non-hydrogen) atoms. The molecule has 0 aromatic carbocycles. The fourth-order valence-electron chi connectivity index (χ4n) is 2.00. The highest BCUT2D eigenvalue weighted by Crippen LogP contribution is 2.20.